The van der Waals surface area contributed by atoms with E-state index in [-0.39, 0.29) is 10.3 Å². The molecular weight excluding hydrogens is 216 g/mol. The lowest BCUT2D eigenvalue weighted by Crippen LogP contribution is -2.33. The van der Waals surface area contributed by atoms with Crippen molar-refractivity contribution in [3.63, 3.8) is 0 Å². The van der Waals surface area contributed by atoms with Gasteiger partial charge in [0.2, 0.25) is 10.0 Å². The molecule has 1 fully saturated rings. The van der Waals surface area contributed by atoms with E-state index in [1.807, 2.05) is 0 Å². The van der Waals surface area contributed by atoms with Crippen LogP contribution >= 0.6 is 0 Å². The van der Waals surface area contributed by atoms with E-state index in [0.29, 0.717) is 13.1 Å². The number of aromatic amines is 1. The second-order valence-electron chi connectivity index (χ2n) is 3.96. The highest BCUT2D eigenvalue weighted by molar-refractivity contribution is 7.89. The van der Waals surface area contributed by atoms with Crippen LogP contribution in [0.4, 0.5) is 0 Å². The predicted molar refractivity (Wildman–Crippen MR) is 54.5 cm³/mol. The largest absolute Gasteiger partial charge is 0.330 e. The van der Waals surface area contributed by atoms with Crippen molar-refractivity contribution in [1.29, 1.82) is 0 Å². The Kier molecular flexibility index (Phi) is 2.53. The molecule has 2 rings (SSSR count). The van der Waals surface area contributed by atoms with Crippen molar-refractivity contribution in [3.8, 4) is 0 Å². The van der Waals surface area contributed by atoms with Gasteiger partial charge in [0, 0.05) is 12.7 Å². The van der Waals surface area contributed by atoms with Gasteiger partial charge in [0.25, 0.3) is 0 Å². The van der Waals surface area contributed by atoms with Crippen LogP contribution in [0.1, 0.15) is 12.8 Å². The van der Waals surface area contributed by atoms with E-state index in [9.17, 15) is 8.42 Å². The smallest absolute Gasteiger partial charge is 0.243 e. The minimum Gasteiger partial charge on any atom is -0.330 e. The van der Waals surface area contributed by atoms with Crippen LogP contribution in [-0.4, -0.2) is 31.7 Å². The van der Waals surface area contributed by atoms with Gasteiger partial charge in [-0.05, 0) is 24.8 Å². The maximum Gasteiger partial charge on any atom is 0.243 e. The van der Waals surface area contributed by atoms with Crippen LogP contribution in [0.2, 0.25) is 0 Å². The molecule has 15 heavy (non-hydrogen) atoms. The molecular formula is C8H14N4O2S. The highest BCUT2D eigenvalue weighted by Gasteiger charge is 2.41. The maximum atomic E-state index is 11.7. The number of hydrogen-bond donors (Lipinski definition) is 3. The van der Waals surface area contributed by atoms with Gasteiger partial charge in [0.15, 0.2) is 0 Å². The molecule has 1 aliphatic rings. The zero-order chi connectivity index (χ0) is 10.9. The standard InChI is InChI=1S/C8H14N4O2S/c9-5-8(1-2-8)6-12-15(13,14)7-3-10-11-4-7/h3-4,12H,1-2,5-6,9H2,(H,10,11). The molecule has 1 saturated carbocycles. The molecule has 1 aliphatic carbocycles. The van der Waals surface area contributed by atoms with Crippen LogP contribution in [0.5, 0.6) is 0 Å². The van der Waals surface area contributed by atoms with Crippen LogP contribution in [-0.2, 0) is 10.0 Å². The SMILES string of the molecule is NCC1(CNS(=O)(=O)c2cn[nH]c2)CC1. The third-order valence-electron chi connectivity index (χ3n) is 2.81. The molecule has 0 atom stereocenters. The molecule has 84 valence electrons. The summed E-state index contributed by atoms with van der Waals surface area (Å²) in [7, 11) is -3.42. The Labute approximate surface area is 88.3 Å². The molecule has 0 spiro atoms. The van der Waals surface area contributed by atoms with Crippen molar-refractivity contribution in [2.45, 2.75) is 17.7 Å². The first-order valence-electron chi connectivity index (χ1n) is 4.77. The minimum absolute atomic E-state index is 0.00317. The molecule has 1 heterocycles. The number of nitrogens with zero attached hydrogens (tertiary/aromatic N) is 1. The zero-order valence-corrected chi connectivity index (χ0v) is 9.05. The fraction of sp³-hybridized carbons (Fsp3) is 0.625. The van der Waals surface area contributed by atoms with E-state index in [1.54, 1.807) is 0 Å². The molecule has 0 radical (unpaired) electrons. The first-order chi connectivity index (χ1) is 7.08. The van der Waals surface area contributed by atoms with Crippen molar-refractivity contribution in [2.24, 2.45) is 11.1 Å². The van der Waals surface area contributed by atoms with Gasteiger partial charge in [0.05, 0.1) is 6.20 Å². The summed E-state index contributed by atoms with van der Waals surface area (Å²) in [6, 6.07) is 0. The number of rotatable bonds is 5. The van der Waals surface area contributed by atoms with E-state index in [2.05, 4.69) is 14.9 Å². The summed E-state index contributed by atoms with van der Waals surface area (Å²) >= 11 is 0. The van der Waals surface area contributed by atoms with Crippen molar-refractivity contribution in [3.05, 3.63) is 12.4 Å². The van der Waals surface area contributed by atoms with E-state index in [1.165, 1.54) is 12.4 Å². The van der Waals surface area contributed by atoms with Crippen LogP contribution in [0.25, 0.3) is 0 Å². The van der Waals surface area contributed by atoms with Crippen LogP contribution < -0.4 is 10.5 Å². The minimum atomic E-state index is -3.42. The Morgan fingerprint density at radius 1 is 1.60 bits per heavy atom. The Bertz CT molecular complexity index is 422. The van der Waals surface area contributed by atoms with E-state index in [4.69, 9.17) is 5.73 Å². The number of H-pyrrole nitrogens is 1. The summed E-state index contributed by atoms with van der Waals surface area (Å²) in [5.74, 6) is 0. The predicted octanol–water partition coefficient (Wildman–Crippen LogP) is -0.573. The lowest BCUT2D eigenvalue weighted by molar-refractivity contribution is 0.501. The van der Waals surface area contributed by atoms with Crippen molar-refractivity contribution >= 4 is 10.0 Å². The van der Waals surface area contributed by atoms with Crippen LogP contribution in [0, 0.1) is 5.41 Å². The van der Waals surface area contributed by atoms with Gasteiger partial charge in [0.1, 0.15) is 4.90 Å². The fourth-order valence-corrected chi connectivity index (χ4v) is 2.41. The third-order valence-corrected chi connectivity index (χ3v) is 4.18. The van der Waals surface area contributed by atoms with Crippen LogP contribution in [0.3, 0.4) is 0 Å². The first-order valence-corrected chi connectivity index (χ1v) is 6.25. The Morgan fingerprint density at radius 3 is 2.80 bits per heavy atom. The number of aromatic nitrogens is 2. The van der Waals surface area contributed by atoms with E-state index >= 15 is 0 Å². The second-order valence-corrected chi connectivity index (χ2v) is 5.73. The highest BCUT2D eigenvalue weighted by atomic mass is 32.2. The summed E-state index contributed by atoms with van der Waals surface area (Å²) in [4.78, 5) is 0.162. The molecule has 0 aromatic carbocycles. The molecule has 0 amide bonds. The van der Waals surface area contributed by atoms with Gasteiger partial charge in [-0.25, -0.2) is 13.1 Å². The molecule has 4 N–H and O–H groups in total. The summed E-state index contributed by atoms with van der Waals surface area (Å²) in [5.41, 5.74) is 5.56. The van der Waals surface area contributed by atoms with E-state index in [0.717, 1.165) is 12.8 Å². The van der Waals surface area contributed by atoms with Gasteiger partial charge in [-0.1, -0.05) is 0 Å². The lowest BCUT2D eigenvalue weighted by Gasteiger charge is -2.12. The molecule has 1 aromatic rings. The molecule has 6 nitrogen and oxygen atoms in total. The second kappa shape index (κ2) is 3.58. The zero-order valence-electron chi connectivity index (χ0n) is 8.23. The van der Waals surface area contributed by atoms with Gasteiger partial charge in [-0.2, -0.15) is 5.10 Å². The Morgan fingerprint density at radius 2 is 2.33 bits per heavy atom. The average Bonchev–Trinajstić information content (AvgIpc) is 2.77. The monoisotopic (exact) mass is 230 g/mol. The molecule has 0 aliphatic heterocycles. The fourth-order valence-electron chi connectivity index (χ4n) is 1.35. The van der Waals surface area contributed by atoms with Crippen LogP contribution in [0.15, 0.2) is 17.3 Å². The van der Waals surface area contributed by atoms with Crippen molar-refractivity contribution in [1.82, 2.24) is 14.9 Å². The van der Waals surface area contributed by atoms with Gasteiger partial charge < -0.3 is 5.73 Å². The summed E-state index contributed by atoms with van der Waals surface area (Å²) in [5, 5.41) is 6.07. The molecule has 0 bridgehead atoms. The Hall–Kier alpha value is -0.920. The molecule has 7 heteroatoms. The molecule has 0 unspecified atom stereocenters. The number of hydrogen-bond acceptors (Lipinski definition) is 4. The van der Waals surface area contributed by atoms with Crippen molar-refractivity contribution in [2.75, 3.05) is 13.1 Å². The average molecular weight is 230 g/mol. The van der Waals surface area contributed by atoms with E-state index < -0.39 is 10.0 Å². The van der Waals surface area contributed by atoms with Gasteiger partial charge in [-0.15, -0.1) is 0 Å². The summed E-state index contributed by atoms with van der Waals surface area (Å²) < 4.78 is 25.9. The maximum absolute atomic E-state index is 11.7. The lowest BCUT2D eigenvalue weighted by atomic mass is 10.1. The number of nitrogens with two attached hydrogens (primary N) is 1. The number of nitrogens with one attached hydrogen (secondary N) is 2. The number of sulfonamides is 1. The summed E-state index contributed by atoms with van der Waals surface area (Å²) in [6.45, 7) is 0.942. The summed E-state index contributed by atoms with van der Waals surface area (Å²) in [6.07, 6.45) is 4.63. The normalized spacial score (nSPS) is 19.0. The highest BCUT2D eigenvalue weighted by Crippen LogP contribution is 2.43. The third kappa shape index (κ3) is 2.19. The quantitative estimate of drug-likeness (QED) is 0.630. The van der Waals surface area contributed by atoms with Gasteiger partial charge in [-0.3, -0.25) is 5.10 Å². The van der Waals surface area contributed by atoms with Crippen molar-refractivity contribution < 1.29 is 8.42 Å². The topological polar surface area (TPSA) is 101 Å². The first kappa shape index (κ1) is 10.6. The molecule has 0 saturated heterocycles. The Balaban J connectivity index is 2.00. The molecule has 1 aromatic heterocycles. The van der Waals surface area contributed by atoms with Gasteiger partial charge >= 0.3 is 0 Å².